The summed E-state index contributed by atoms with van der Waals surface area (Å²) in [4.78, 5) is 13.3. The van der Waals surface area contributed by atoms with Crippen LogP contribution >= 0.6 is 0 Å². The molecule has 1 unspecified atom stereocenters. The molecule has 4 nitrogen and oxygen atoms in total. The molecule has 0 aliphatic rings. The second kappa shape index (κ2) is 8.03. The van der Waals surface area contributed by atoms with Gasteiger partial charge >= 0.3 is 12.2 Å². The number of nitrogens with zero attached hydrogens (tertiary/aromatic N) is 1. The highest BCUT2D eigenvalue weighted by molar-refractivity contribution is 5.74. The number of nitrogens with one attached hydrogen (secondary N) is 1. The Bertz CT molecular complexity index is 492. The van der Waals surface area contributed by atoms with E-state index in [0.717, 1.165) is 12.1 Å². The molecule has 0 saturated heterocycles. The molecule has 1 atom stereocenters. The van der Waals surface area contributed by atoms with Crippen LogP contribution in [-0.2, 0) is 12.7 Å². The van der Waals surface area contributed by atoms with Crippen LogP contribution in [0.2, 0.25) is 0 Å². The summed E-state index contributed by atoms with van der Waals surface area (Å²) in [7, 11) is 1.52. The standard InChI is InChI=1S/C15H21F3N2O2/c1-11(5-4-8-21)19-14(22)20(2)10-12-6-3-7-13(9-12)15(16,17)18/h3,6-7,9,11,21H,4-5,8,10H2,1-2H3,(H,19,22). The van der Waals surface area contributed by atoms with Crippen molar-refractivity contribution in [3.8, 4) is 0 Å². The molecule has 124 valence electrons. The zero-order valence-electron chi connectivity index (χ0n) is 12.7. The van der Waals surface area contributed by atoms with Crippen molar-refractivity contribution in [1.29, 1.82) is 0 Å². The number of benzene rings is 1. The Hall–Kier alpha value is -1.76. The van der Waals surface area contributed by atoms with Crippen LogP contribution < -0.4 is 5.32 Å². The molecule has 1 aromatic rings. The van der Waals surface area contributed by atoms with E-state index in [-0.39, 0.29) is 25.2 Å². The maximum Gasteiger partial charge on any atom is 0.416 e. The fraction of sp³-hybridized carbons (Fsp3) is 0.533. The van der Waals surface area contributed by atoms with E-state index in [0.29, 0.717) is 18.4 Å². The Morgan fingerprint density at radius 1 is 1.41 bits per heavy atom. The fourth-order valence-corrected chi connectivity index (χ4v) is 1.98. The summed E-state index contributed by atoms with van der Waals surface area (Å²) in [6, 6.07) is 4.45. The Balaban J connectivity index is 2.61. The third kappa shape index (κ3) is 5.93. The van der Waals surface area contributed by atoms with Gasteiger partial charge < -0.3 is 15.3 Å². The van der Waals surface area contributed by atoms with Crippen molar-refractivity contribution in [3.05, 3.63) is 35.4 Å². The topological polar surface area (TPSA) is 52.6 Å². The molecule has 0 heterocycles. The predicted octanol–water partition coefficient (Wildman–Crippen LogP) is 3.01. The van der Waals surface area contributed by atoms with Crippen LogP contribution in [-0.4, -0.2) is 35.7 Å². The third-order valence-electron chi connectivity index (χ3n) is 3.19. The van der Waals surface area contributed by atoms with Crippen LogP contribution in [0.1, 0.15) is 30.9 Å². The van der Waals surface area contributed by atoms with Crippen molar-refractivity contribution < 1.29 is 23.1 Å². The lowest BCUT2D eigenvalue weighted by Crippen LogP contribution is -2.41. The molecule has 2 N–H and O–H groups in total. The first kappa shape index (κ1) is 18.3. The van der Waals surface area contributed by atoms with E-state index in [1.807, 2.05) is 6.92 Å². The Labute approximate surface area is 127 Å². The van der Waals surface area contributed by atoms with Gasteiger partial charge in [0.2, 0.25) is 0 Å². The molecule has 0 spiro atoms. The van der Waals surface area contributed by atoms with Crippen LogP contribution in [0.3, 0.4) is 0 Å². The average Bonchev–Trinajstić information content (AvgIpc) is 2.44. The lowest BCUT2D eigenvalue weighted by molar-refractivity contribution is -0.137. The Kier molecular flexibility index (Phi) is 6.67. The minimum absolute atomic E-state index is 0.0558. The number of rotatable bonds is 6. The second-order valence-electron chi connectivity index (χ2n) is 5.27. The summed E-state index contributed by atoms with van der Waals surface area (Å²) in [5, 5.41) is 11.5. The molecular formula is C15H21F3N2O2. The van der Waals surface area contributed by atoms with Crippen LogP contribution in [0.5, 0.6) is 0 Å². The zero-order chi connectivity index (χ0) is 16.8. The summed E-state index contributed by atoms with van der Waals surface area (Å²) < 4.78 is 37.9. The molecule has 0 radical (unpaired) electrons. The van der Waals surface area contributed by atoms with Crippen molar-refractivity contribution in [3.63, 3.8) is 0 Å². The minimum Gasteiger partial charge on any atom is -0.396 e. The summed E-state index contributed by atoms with van der Waals surface area (Å²) >= 11 is 0. The summed E-state index contributed by atoms with van der Waals surface area (Å²) in [6.45, 7) is 1.95. The van der Waals surface area contributed by atoms with Gasteiger partial charge in [0.05, 0.1) is 5.56 Å². The van der Waals surface area contributed by atoms with Crippen molar-refractivity contribution >= 4 is 6.03 Å². The van der Waals surface area contributed by atoms with E-state index in [9.17, 15) is 18.0 Å². The number of aliphatic hydroxyl groups is 1. The largest absolute Gasteiger partial charge is 0.416 e. The van der Waals surface area contributed by atoms with Gasteiger partial charge in [-0.1, -0.05) is 12.1 Å². The highest BCUT2D eigenvalue weighted by Gasteiger charge is 2.30. The molecule has 0 aromatic heterocycles. The number of halogens is 3. The highest BCUT2D eigenvalue weighted by Crippen LogP contribution is 2.29. The highest BCUT2D eigenvalue weighted by atomic mass is 19.4. The van der Waals surface area contributed by atoms with Crippen molar-refractivity contribution in [2.45, 2.75) is 38.5 Å². The van der Waals surface area contributed by atoms with Gasteiger partial charge in [0.1, 0.15) is 0 Å². The molecular weight excluding hydrogens is 297 g/mol. The van der Waals surface area contributed by atoms with Crippen LogP contribution in [0, 0.1) is 0 Å². The number of hydrogen-bond donors (Lipinski definition) is 2. The predicted molar refractivity (Wildman–Crippen MR) is 77.2 cm³/mol. The maximum absolute atomic E-state index is 12.6. The molecule has 22 heavy (non-hydrogen) atoms. The smallest absolute Gasteiger partial charge is 0.396 e. The summed E-state index contributed by atoms with van der Waals surface area (Å²) in [6.07, 6.45) is -3.17. The lowest BCUT2D eigenvalue weighted by Gasteiger charge is -2.21. The monoisotopic (exact) mass is 318 g/mol. The molecule has 2 amide bonds. The number of aliphatic hydroxyl groups excluding tert-OH is 1. The van der Waals surface area contributed by atoms with Crippen LogP contribution in [0.25, 0.3) is 0 Å². The molecule has 0 bridgehead atoms. The molecule has 7 heteroatoms. The number of urea groups is 1. The van der Waals surface area contributed by atoms with Gasteiger partial charge in [0, 0.05) is 26.2 Å². The SMILES string of the molecule is CC(CCCO)NC(=O)N(C)Cc1cccc(C(F)(F)F)c1. The van der Waals surface area contributed by atoms with Crippen molar-refractivity contribution in [1.82, 2.24) is 10.2 Å². The molecule has 0 saturated carbocycles. The van der Waals surface area contributed by atoms with Crippen molar-refractivity contribution in [2.24, 2.45) is 0 Å². The van der Waals surface area contributed by atoms with Gasteiger partial charge in [-0.25, -0.2) is 4.79 Å². The van der Waals surface area contributed by atoms with Crippen molar-refractivity contribution in [2.75, 3.05) is 13.7 Å². The van der Waals surface area contributed by atoms with E-state index in [1.165, 1.54) is 18.0 Å². The lowest BCUT2D eigenvalue weighted by atomic mass is 10.1. The number of hydrogen-bond acceptors (Lipinski definition) is 2. The van der Waals surface area contributed by atoms with Gasteiger partial charge in [0.25, 0.3) is 0 Å². The van der Waals surface area contributed by atoms with Gasteiger partial charge in [-0.05, 0) is 37.5 Å². The zero-order valence-corrected chi connectivity index (χ0v) is 12.7. The molecule has 1 aromatic carbocycles. The van der Waals surface area contributed by atoms with Gasteiger partial charge in [-0.3, -0.25) is 0 Å². The first-order chi connectivity index (χ1) is 10.2. The van der Waals surface area contributed by atoms with Gasteiger partial charge in [0.15, 0.2) is 0 Å². The average molecular weight is 318 g/mol. The maximum atomic E-state index is 12.6. The minimum atomic E-state index is -4.39. The second-order valence-corrected chi connectivity index (χ2v) is 5.27. The Morgan fingerprint density at radius 3 is 2.68 bits per heavy atom. The van der Waals surface area contributed by atoms with E-state index in [2.05, 4.69) is 5.32 Å². The fourth-order valence-electron chi connectivity index (χ4n) is 1.98. The summed E-state index contributed by atoms with van der Waals surface area (Å²) in [5.74, 6) is 0. The van der Waals surface area contributed by atoms with E-state index in [4.69, 9.17) is 5.11 Å². The quantitative estimate of drug-likeness (QED) is 0.847. The van der Waals surface area contributed by atoms with Crippen LogP contribution in [0.4, 0.5) is 18.0 Å². The molecule has 1 rings (SSSR count). The molecule has 0 aliphatic heterocycles. The van der Waals surface area contributed by atoms with E-state index >= 15 is 0 Å². The number of amides is 2. The molecule has 0 aliphatic carbocycles. The van der Waals surface area contributed by atoms with E-state index in [1.54, 1.807) is 6.07 Å². The Morgan fingerprint density at radius 2 is 2.09 bits per heavy atom. The number of alkyl halides is 3. The number of carbonyl (C=O) groups excluding carboxylic acids is 1. The molecule has 0 fully saturated rings. The third-order valence-corrected chi connectivity index (χ3v) is 3.19. The first-order valence-corrected chi connectivity index (χ1v) is 7.02. The first-order valence-electron chi connectivity index (χ1n) is 7.02. The van der Waals surface area contributed by atoms with E-state index < -0.39 is 11.7 Å². The number of carbonyl (C=O) groups is 1. The summed E-state index contributed by atoms with van der Waals surface area (Å²) in [5.41, 5.74) is -0.314. The van der Waals surface area contributed by atoms with Gasteiger partial charge in [-0.2, -0.15) is 13.2 Å². The van der Waals surface area contributed by atoms with Gasteiger partial charge in [-0.15, -0.1) is 0 Å². The van der Waals surface area contributed by atoms with Crippen LogP contribution in [0.15, 0.2) is 24.3 Å². The normalized spacial score (nSPS) is 12.8.